The van der Waals surface area contributed by atoms with Gasteiger partial charge in [-0.2, -0.15) is 0 Å². The third-order valence-electron chi connectivity index (χ3n) is 3.06. The van der Waals surface area contributed by atoms with Crippen LogP contribution in [0.1, 0.15) is 5.56 Å². The van der Waals surface area contributed by atoms with Gasteiger partial charge in [-0.1, -0.05) is 24.3 Å². The lowest BCUT2D eigenvalue weighted by Crippen LogP contribution is -1.85. The van der Waals surface area contributed by atoms with Gasteiger partial charge in [-0.3, -0.25) is 5.92 Å². The molecule has 76 valence electrons. The second kappa shape index (κ2) is 3.15. The molecule has 1 heteroatoms. The molecule has 2 aromatic carbocycles. The van der Waals surface area contributed by atoms with E-state index in [1.807, 2.05) is 30.3 Å². The van der Waals surface area contributed by atoms with E-state index < -0.39 is 0 Å². The fourth-order valence-corrected chi connectivity index (χ4v) is 2.25. The molecule has 3 rings (SSSR count). The quantitative estimate of drug-likeness (QED) is 0.391. The fraction of sp³-hybridized carbons (Fsp3) is 0.0667. The molecule has 3 aromatic rings. The van der Waals surface area contributed by atoms with E-state index in [2.05, 4.69) is 29.7 Å². The topological polar surface area (TPSA) is 4.93 Å². The molecule has 0 saturated heterocycles. The predicted molar refractivity (Wildman–Crippen MR) is 66.7 cm³/mol. The van der Waals surface area contributed by atoms with Crippen molar-refractivity contribution in [1.29, 1.82) is 0 Å². The number of fused-ring (bicyclic) bond motifs is 3. The van der Waals surface area contributed by atoms with Gasteiger partial charge in [0.2, 0.25) is 0 Å². The predicted octanol–water partition coefficient (Wildman–Crippen LogP) is 3.27. The van der Waals surface area contributed by atoms with Crippen molar-refractivity contribution in [2.75, 3.05) is 0 Å². The molecule has 1 heterocycles. The van der Waals surface area contributed by atoms with Gasteiger partial charge < -0.3 is 11.0 Å². The highest BCUT2D eigenvalue weighted by Gasteiger charge is 2.04. The standard InChI is InChI=1S/C15H10N/c1-3-11-8-9-15-13(10-11)12-6-4-5-7-14(12)16(15)2/h4-10H,2H3/q-1. The van der Waals surface area contributed by atoms with E-state index in [1.165, 1.54) is 21.8 Å². The summed E-state index contributed by atoms with van der Waals surface area (Å²) in [5.41, 5.74) is 3.24. The first-order valence-corrected chi connectivity index (χ1v) is 5.21. The van der Waals surface area contributed by atoms with Crippen LogP contribution >= 0.6 is 0 Å². The molecule has 0 radical (unpaired) electrons. The number of aromatic nitrogens is 1. The monoisotopic (exact) mass is 204 g/mol. The Bertz CT molecular complexity index is 726. The van der Waals surface area contributed by atoms with Crippen molar-refractivity contribution in [1.82, 2.24) is 4.57 Å². The van der Waals surface area contributed by atoms with Crippen LogP contribution in [0.3, 0.4) is 0 Å². The molecule has 0 spiro atoms. The highest BCUT2D eigenvalue weighted by molar-refractivity contribution is 6.08. The molecule has 0 N–H and O–H groups in total. The summed E-state index contributed by atoms with van der Waals surface area (Å²) in [5.74, 6) is 2.43. The maximum Gasteiger partial charge on any atom is 0.0488 e. The summed E-state index contributed by atoms with van der Waals surface area (Å²) >= 11 is 0. The zero-order chi connectivity index (χ0) is 11.1. The van der Waals surface area contributed by atoms with Crippen molar-refractivity contribution in [3.63, 3.8) is 0 Å². The molecule has 1 aromatic heterocycles. The molecule has 16 heavy (non-hydrogen) atoms. The van der Waals surface area contributed by atoms with Crippen LogP contribution < -0.4 is 0 Å². The summed E-state index contributed by atoms with van der Waals surface area (Å²) in [4.78, 5) is 0. The van der Waals surface area contributed by atoms with Gasteiger partial charge in [-0.05, 0) is 11.5 Å². The zero-order valence-corrected chi connectivity index (χ0v) is 8.99. The van der Waals surface area contributed by atoms with Gasteiger partial charge in [0.05, 0.1) is 0 Å². The number of hydrogen-bond donors (Lipinski definition) is 0. The summed E-state index contributed by atoms with van der Waals surface area (Å²) in [5, 5.41) is 2.42. The van der Waals surface area contributed by atoms with E-state index in [-0.39, 0.29) is 0 Å². The first-order chi connectivity index (χ1) is 7.81. The highest BCUT2D eigenvalue weighted by atomic mass is 14.9. The summed E-state index contributed by atoms with van der Waals surface area (Å²) in [6.45, 7) is 0. The number of nitrogens with zero attached hydrogens (tertiary/aromatic N) is 1. The molecule has 1 nitrogen and oxygen atoms in total. The molecular formula is C15H10N-. The van der Waals surface area contributed by atoms with Crippen LogP contribution in [0.4, 0.5) is 0 Å². The van der Waals surface area contributed by atoms with Crippen LogP contribution in [0.15, 0.2) is 42.5 Å². The molecule has 0 fully saturated rings. The molecule has 0 aliphatic rings. The Morgan fingerprint density at radius 2 is 1.75 bits per heavy atom. The van der Waals surface area contributed by atoms with Crippen molar-refractivity contribution in [2.24, 2.45) is 7.05 Å². The van der Waals surface area contributed by atoms with E-state index in [4.69, 9.17) is 6.42 Å². The third kappa shape index (κ3) is 1.07. The normalized spacial score (nSPS) is 10.8. The lowest BCUT2D eigenvalue weighted by atomic mass is 10.1. The van der Waals surface area contributed by atoms with Crippen LogP contribution in [-0.4, -0.2) is 4.57 Å². The van der Waals surface area contributed by atoms with Gasteiger partial charge in [-0.15, -0.1) is 17.7 Å². The number of aryl methyl sites for hydroxylation is 1. The largest absolute Gasteiger partial charge is 0.366 e. The van der Waals surface area contributed by atoms with Gasteiger partial charge in [0, 0.05) is 23.5 Å². The lowest BCUT2D eigenvalue weighted by molar-refractivity contribution is 1.01. The molecule has 0 bridgehead atoms. The molecule has 0 saturated carbocycles. The third-order valence-corrected chi connectivity index (χ3v) is 3.06. The number of rotatable bonds is 0. The van der Waals surface area contributed by atoms with Gasteiger partial charge in [0.1, 0.15) is 0 Å². The van der Waals surface area contributed by atoms with Crippen LogP contribution in [0.25, 0.3) is 21.8 Å². The van der Waals surface area contributed by atoms with E-state index in [9.17, 15) is 0 Å². The molecule has 0 aliphatic carbocycles. The van der Waals surface area contributed by atoms with E-state index in [0.717, 1.165) is 5.56 Å². The minimum Gasteiger partial charge on any atom is -0.366 e. The maximum atomic E-state index is 7.18. The summed E-state index contributed by atoms with van der Waals surface area (Å²) < 4.78 is 2.18. The first kappa shape index (κ1) is 9.06. The molecule has 0 amide bonds. The Morgan fingerprint density at radius 3 is 2.56 bits per heavy atom. The van der Waals surface area contributed by atoms with E-state index in [0.29, 0.717) is 0 Å². The van der Waals surface area contributed by atoms with E-state index >= 15 is 0 Å². The van der Waals surface area contributed by atoms with Gasteiger partial charge >= 0.3 is 0 Å². The van der Waals surface area contributed by atoms with Crippen LogP contribution in [0.5, 0.6) is 0 Å². The van der Waals surface area contributed by atoms with E-state index in [1.54, 1.807) is 0 Å². The van der Waals surface area contributed by atoms with Gasteiger partial charge in [-0.25, -0.2) is 0 Å². The first-order valence-electron chi connectivity index (χ1n) is 5.21. The van der Waals surface area contributed by atoms with Crippen molar-refractivity contribution in [3.05, 3.63) is 54.5 Å². The molecular weight excluding hydrogens is 194 g/mol. The van der Waals surface area contributed by atoms with Crippen molar-refractivity contribution < 1.29 is 0 Å². The van der Waals surface area contributed by atoms with Crippen LogP contribution in [0.2, 0.25) is 0 Å². The second-order valence-corrected chi connectivity index (χ2v) is 3.93. The fourth-order valence-electron chi connectivity index (χ4n) is 2.25. The smallest absolute Gasteiger partial charge is 0.0488 e. The lowest BCUT2D eigenvalue weighted by Gasteiger charge is -2.01. The summed E-state index contributed by atoms with van der Waals surface area (Å²) in [6.07, 6.45) is 7.18. The zero-order valence-electron chi connectivity index (χ0n) is 8.99. The Kier molecular flexibility index (Phi) is 1.78. The maximum absolute atomic E-state index is 7.18. The Morgan fingerprint density at radius 1 is 1.00 bits per heavy atom. The Hall–Kier alpha value is -2.20. The Balaban J connectivity index is 2.58. The van der Waals surface area contributed by atoms with Gasteiger partial charge in [0.15, 0.2) is 0 Å². The van der Waals surface area contributed by atoms with Crippen LogP contribution in [0, 0.1) is 12.3 Å². The molecule has 0 aliphatic heterocycles. The van der Waals surface area contributed by atoms with Crippen molar-refractivity contribution in [2.45, 2.75) is 0 Å². The second-order valence-electron chi connectivity index (χ2n) is 3.93. The van der Waals surface area contributed by atoms with Crippen LogP contribution in [-0.2, 0) is 7.05 Å². The van der Waals surface area contributed by atoms with Gasteiger partial charge in [0.25, 0.3) is 0 Å². The number of benzene rings is 2. The summed E-state index contributed by atoms with van der Waals surface area (Å²) in [6, 6.07) is 14.3. The minimum absolute atomic E-state index is 0.823. The Labute approximate surface area is 94.3 Å². The number of hydrogen-bond acceptors (Lipinski definition) is 0. The summed E-state index contributed by atoms with van der Waals surface area (Å²) in [7, 11) is 2.07. The SMILES string of the molecule is [C-]#Cc1ccc2c(c1)c1ccccc1n2C. The van der Waals surface area contributed by atoms with Crippen molar-refractivity contribution >= 4 is 21.8 Å². The molecule has 0 unspecified atom stereocenters. The average Bonchev–Trinajstić information content (AvgIpc) is 2.64. The van der Waals surface area contributed by atoms with Crippen molar-refractivity contribution in [3.8, 4) is 5.92 Å². The number of para-hydroxylation sites is 1. The molecule has 0 atom stereocenters. The minimum atomic E-state index is 0.823. The average molecular weight is 204 g/mol. The highest BCUT2D eigenvalue weighted by Crippen LogP contribution is 2.28.